The number of carbonyl (C=O) groups excluding carboxylic acids is 2. The second kappa shape index (κ2) is 8.97. The van der Waals surface area contributed by atoms with E-state index in [2.05, 4.69) is 25.3 Å². The maximum absolute atomic E-state index is 12.6. The lowest BCUT2D eigenvalue weighted by atomic mass is 10.1. The third kappa shape index (κ3) is 5.16. The lowest BCUT2D eigenvalue weighted by molar-refractivity contribution is 0.0600. The van der Waals surface area contributed by atoms with Crippen LogP contribution in [0.5, 0.6) is 0 Å². The highest BCUT2D eigenvalue weighted by molar-refractivity contribution is 6.03. The summed E-state index contributed by atoms with van der Waals surface area (Å²) in [7, 11) is 1.32. The molecular weight excluding hydrogens is 368 g/mol. The van der Waals surface area contributed by atoms with Gasteiger partial charge in [0.25, 0.3) is 5.91 Å². The molecule has 148 valence electrons. The number of esters is 1. The SMILES string of the molecule is COC(=O)c1ccc(NC(=O)c2cc(C)nc(NC(C)c3ccccc3)n2)cc1. The standard InChI is InChI=1S/C22H22N4O3/c1-14-13-19(20(27)25-18-11-9-17(10-12-18)21(28)29-3)26-22(23-14)24-15(2)16-7-5-4-6-8-16/h4-13,15H,1-3H3,(H,25,27)(H,23,24,26). The molecule has 7 heteroatoms. The second-order valence-electron chi connectivity index (χ2n) is 6.52. The zero-order chi connectivity index (χ0) is 20.8. The van der Waals surface area contributed by atoms with E-state index in [1.807, 2.05) is 44.2 Å². The molecule has 0 radical (unpaired) electrons. The number of anilines is 2. The molecule has 0 saturated heterocycles. The minimum Gasteiger partial charge on any atom is -0.465 e. The van der Waals surface area contributed by atoms with E-state index >= 15 is 0 Å². The van der Waals surface area contributed by atoms with E-state index in [9.17, 15) is 9.59 Å². The monoisotopic (exact) mass is 390 g/mol. The van der Waals surface area contributed by atoms with Gasteiger partial charge in [-0.05, 0) is 49.7 Å². The number of methoxy groups -OCH3 is 1. The molecule has 0 bridgehead atoms. The highest BCUT2D eigenvalue weighted by atomic mass is 16.5. The number of nitrogens with zero attached hydrogens (tertiary/aromatic N) is 2. The Bertz CT molecular complexity index is 1000. The van der Waals surface area contributed by atoms with Crippen molar-refractivity contribution < 1.29 is 14.3 Å². The molecule has 0 fully saturated rings. The highest BCUT2D eigenvalue weighted by Crippen LogP contribution is 2.18. The number of amides is 1. The molecule has 0 aliphatic heterocycles. The number of benzene rings is 2. The van der Waals surface area contributed by atoms with Crippen LogP contribution in [-0.2, 0) is 4.74 Å². The van der Waals surface area contributed by atoms with Crippen LogP contribution in [-0.4, -0.2) is 29.0 Å². The summed E-state index contributed by atoms with van der Waals surface area (Å²) in [6, 6.07) is 18.0. The van der Waals surface area contributed by atoms with Crippen LogP contribution in [0.3, 0.4) is 0 Å². The van der Waals surface area contributed by atoms with Crippen molar-refractivity contribution in [3.05, 3.63) is 83.2 Å². The molecule has 7 nitrogen and oxygen atoms in total. The van der Waals surface area contributed by atoms with Gasteiger partial charge >= 0.3 is 5.97 Å². The van der Waals surface area contributed by atoms with Crippen molar-refractivity contribution in [2.24, 2.45) is 0 Å². The van der Waals surface area contributed by atoms with E-state index in [0.29, 0.717) is 22.9 Å². The Kier molecular flexibility index (Phi) is 6.19. The average Bonchev–Trinajstić information content (AvgIpc) is 2.74. The molecule has 0 aliphatic carbocycles. The van der Waals surface area contributed by atoms with Crippen molar-refractivity contribution in [3.8, 4) is 0 Å². The van der Waals surface area contributed by atoms with Crippen molar-refractivity contribution in [3.63, 3.8) is 0 Å². The van der Waals surface area contributed by atoms with Gasteiger partial charge in [0.05, 0.1) is 18.7 Å². The van der Waals surface area contributed by atoms with Gasteiger partial charge in [-0.2, -0.15) is 0 Å². The summed E-state index contributed by atoms with van der Waals surface area (Å²) in [6.45, 7) is 3.81. The summed E-state index contributed by atoms with van der Waals surface area (Å²) in [5, 5.41) is 6.00. The largest absolute Gasteiger partial charge is 0.465 e. The summed E-state index contributed by atoms with van der Waals surface area (Å²) in [5.74, 6) is -0.415. The molecule has 0 aliphatic rings. The smallest absolute Gasteiger partial charge is 0.337 e. The molecule has 1 heterocycles. The topological polar surface area (TPSA) is 93.2 Å². The Balaban J connectivity index is 1.73. The minimum absolute atomic E-state index is 0.0141. The second-order valence-corrected chi connectivity index (χ2v) is 6.52. The number of aryl methyl sites for hydroxylation is 1. The lowest BCUT2D eigenvalue weighted by Crippen LogP contribution is -2.17. The summed E-state index contributed by atoms with van der Waals surface area (Å²) in [4.78, 5) is 32.9. The number of rotatable bonds is 6. The van der Waals surface area contributed by atoms with Crippen LogP contribution in [0.2, 0.25) is 0 Å². The van der Waals surface area contributed by atoms with Gasteiger partial charge in [0.15, 0.2) is 0 Å². The molecule has 2 N–H and O–H groups in total. The Morgan fingerprint density at radius 1 is 1.00 bits per heavy atom. The first-order valence-electron chi connectivity index (χ1n) is 9.13. The van der Waals surface area contributed by atoms with E-state index in [-0.39, 0.29) is 17.6 Å². The van der Waals surface area contributed by atoms with E-state index < -0.39 is 5.97 Å². The first-order chi connectivity index (χ1) is 14.0. The molecule has 29 heavy (non-hydrogen) atoms. The number of ether oxygens (including phenoxy) is 1. The number of nitrogens with one attached hydrogen (secondary N) is 2. The quantitative estimate of drug-likeness (QED) is 0.618. The maximum Gasteiger partial charge on any atom is 0.337 e. The van der Waals surface area contributed by atoms with E-state index in [1.165, 1.54) is 7.11 Å². The summed E-state index contributed by atoms with van der Waals surface area (Å²) in [6.07, 6.45) is 0. The molecule has 1 amide bonds. The van der Waals surface area contributed by atoms with Crippen molar-refractivity contribution in [1.29, 1.82) is 0 Å². The first kappa shape index (κ1) is 20.0. The Morgan fingerprint density at radius 2 is 1.69 bits per heavy atom. The predicted octanol–water partition coefficient (Wildman–Crippen LogP) is 4.00. The molecule has 1 unspecified atom stereocenters. The van der Waals surface area contributed by atoms with Crippen LogP contribution in [0.4, 0.5) is 11.6 Å². The van der Waals surface area contributed by atoms with E-state index in [0.717, 1.165) is 5.56 Å². The van der Waals surface area contributed by atoms with Gasteiger partial charge in [-0.15, -0.1) is 0 Å². The van der Waals surface area contributed by atoms with Crippen molar-refractivity contribution >= 4 is 23.5 Å². The average molecular weight is 390 g/mol. The molecule has 1 atom stereocenters. The lowest BCUT2D eigenvalue weighted by Gasteiger charge is -2.15. The van der Waals surface area contributed by atoms with Crippen LogP contribution in [0.25, 0.3) is 0 Å². The number of aromatic nitrogens is 2. The Morgan fingerprint density at radius 3 is 2.34 bits per heavy atom. The molecule has 3 rings (SSSR count). The van der Waals surface area contributed by atoms with Gasteiger partial charge in [-0.3, -0.25) is 4.79 Å². The number of hydrogen-bond donors (Lipinski definition) is 2. The molecule has 2 aromatic carbocycles. The summed E-state index contributed by atoms with van der Waals surface area (Å²) < 4.78 is 4.67. The van der Waals surface area contributed by atoms with Gasteiger partial charge in [0.1, 0.15) is 5.69 Å². The first-order valence-corrected chi connectivity index (χ1v) is 9.13. The molecule has 3 aromatic rings. The fourth-order valence-electron chi connectivity index (χ4n) is 2.77. The van der Waals surface area contributed by atoms with Crippen LogP contribution < -0.4 is 10.6 Å². The summed E-state index contributed by atoms with van der Waals surface area (Å²) in [5.41, 5.74) is 2.97. The fraction of sp³-hybridized carbons (Fsp3) is 0.182. The number of hydrogen-bond acceptors (Lipinski definition) is 6. The molecule has 0 spiro atoms. The molecule has 0 saturated carbocycles. The van der Waals surface area contributed by atoms with Crippen molar-refractivity contribution in [2.75, 3.05) is 17.7 Å². The Labute approximate surface area is 169 Å². The zero-order valence-electron chi connectivity index (χ0n) is 16.5. The van der Waals surface area contributed by atoms with Crippen LogP contribution in [0.15, 0.2) is 60.7 Å². The van der Waals surface area contributed by atoms with Crippen LogP contribution in [0, 0.1) is 6.92 Å². The molecule has 1 aromatic heterocycles. The predicted molar refractivity (Wildman–Crippen MR) is 111 cm³/mol. The van der Waals surface area contributed by atoms with E-state index in [1.54, 1.807) is 30.3 Å². The fourth-order valence-corrected chi connectivity index (χ4v) is 2.77. The zero-order valence-corrected chi connectivity index (χ0v) is 16.5. The van der Waals surface area contributed by atoms with Gasteiger partial charge in [-0.25, -0.2) is 14.8 Å². The third-order valence-corrected chi connectivity index (χ3v) is 4.30. The van der Waals surface area contributed by atoms with Crippen LogP contribution in [0.1, 0.15) is 45.1 Å². The minimum atomic E-state index is -0.433. The van der Waals surface area contributed by atoms with Crippen LogP contribution >= 0.6 is 0 Å². The van der Waals surface area contributed by atoms with Gasteiger partial charge in [0, 0.05) is 11.4 Å². The van der Waals surface area contributed by atoms with Gasteiger partial charge in [0.2, 0.25) is 5.95 Å². The van der Waals surface area contributed by atoms with Gasteiger partial charge in [-0.1, -0.05) is 30.3 Å². The number of carbonyl (C=O) groups is 2. The Hall–Kier alpha value is -3.74. The molecular formula is C22H22N4O3. The highest BCUT2D eigenvalue weighted by Gasteiger charge is 2.14. The van der Waals surface area contributed by atoms with Crippen molar-refractivity contribution in [2.45, 2.75) is 19.9 Å². The summed E-state index contributed by atoms with van der Waals surface area (Å²) >= 11 is 0. The van der Waals surface area contributed by atoms with Crippen molar-refractivity contribution in [1.82, 2.24) is 9.97 Å². The van der Waals surface area contributed by atoms with E-state index in [4.69, 9.17) is 0 Å². The maximum atomic E-state index is 12.6. The van der Waals surface area contributed by atoms with Gasteiger partial charge < -0.3 is 15.4 Å². The normalized spacial score (nSPS) is 11.4. The third-order valence-electron chi connectivity index (χ3n) is 4.30.